The summed E-state index contributed by atoms with van der Waals surface area (Å²) in [5, 5.41) is 0.874. The summed E-state index contributed by atoms with van der Waals surface area (Å²) in [6.07, 6.45) is 5.15. The van der Waals surface area contributed by atoms with Crippen LogP contribution in [0.2, 0.25) is 5.02 Å². The van der Waals surface area contributed by atoms with Crippen LogP contribution in [0.3, 0.4) is 0 Å². The van der Waals surface area contributed by atoms with E-state index in [9.17, 15) is 0 Å². The Morgan fingerprint density at radius 3 is 2.79 bits per heavy atom. The topological polar surface area (TPSA) is 29.3 Å². The van der Waals surface area contributed by atoms with Crippen LogP contribution < -0.4 is 5.73 Å². The molecule has 1 saturated carbocycles. The molecule has 2 fully saturated rings. The molecule has 1 saturated heterocycles. The van der Waals surface area contributed by atoms with E-state index in [4.69, 9.17) is 17.3 Å². The van der Waals surface area contributed by atoms with E-state index in [1.165, 1.54) is 37.8 Å². The van der Waals surface area contributed by atoms with Gasteiger partial charge in [-0.3, -0.25) is 4.90 Å². The average Bonchev–Trinajstić information content (AvgIpc) is 3.25. The first kappa shape index (κ1) is 13.9. The lowest BCUT2D eigenvalue weighted by Crippen LogP contribution is -2.42. The van der Waals surface area contributed by atoms with E-state index in [0.717, 1.165) is 22.1 Å². The van der Waals surface area contributed by atoms with Crippen LogP contribution >= 0.6 is 27.5 Å². The van der Waals surface area contributed by atoms with Crippen LogP contribution in [0, 0.1) is 5.92 Å². The van der Waals surface area contributed by atoms with E-state index in [1.54, 1.807) is 0 Å². The first-order valence-electron chi connectivity index (χ1n) is 7.11. The van der Waals surface area contributed by atoms with Crippen LogP contribution in [0.1, 0.15) is 37.3 Å². The van der Waals surface area contributed by atoms with Crippen molar-refractivity contribution in [2.45, 2.75) is 37.8 Å². The third-order valence-corrected chi connectivity index (χ3v) is 5.23. The van der Waals surface area contributed by atoms with Crippen LogP contribution in [0.4, 0.5) is 0 Å². The number of hydrogen-bond donors (Lipinski definition) is 1. The predicted octanol–water partition coefficient (Wildman–Crippen LogP) is 3.98. The van der Waals surface area contributed by atoms with Gasteiger partial charge in [-0.05, 0) is 68.5 Å². The summed E-state index contributed by atoms with van der Waals surface area (Å²) in [6.45, 7) is 1.94. The summed E-state index contributed by atoms with van der Waals surface area (Å²) in [4.78, 5) is 2.65. The number of nitrogens with two attached hydrogens (primary N) is 1. The molecule has 1 heterocycles. The Labute approximate surface area is 128 Å². The molecule has 0 aromatic heterocycles. The lowest BCUT2D eigenvalue weighted by Gasteiger charge is -2.42. The first-order valence-corrected chi connectivity index (χ1v) is 8.28. The van der Waals surface area contributed by atoms with Crippen LogP contribution in [0.25, 0.3) is 0 Å². The fourth-order valence-electron chi connectivity index (χ4n) is 3.34. The van der Waals surface area contributed by atoms with Crippen molar-refractivity contribution in [3.63, 3.8) is 0 Å². The predicted molar refractivity (Wildman–Crippen MR) is 83.4 cm³/mol. The lowest BCUT2D eigenvalue weighted by molar-refractivity contribution is 0.0880. The van der Waals surface area contributed by atoms with Crippen LogP contribution in [-0.2, 0) is 0 Å². The fraction of sp³-hybridized carbons (Fsp3) is 0.600. The Hall–Kier alpha value is -0.0900. The second kappa shape index (κ2) is 5.72. The zero-order chi connectivity index (χ0) is 13.4. The van der Waals surface area contributed by atoms with Crippen molar-refractivity contribution in [2.24, 2.45) is 11.7 Å². The zero-order valence-corrected chi connectivity index (χ0v) is 13.3. The van der Waals surface area contributed by atoms with E-state index in [1.807, 2.05) is 12.1 Å². The van der Waals surface area contributed by atoms with Gasteiger partial charge in [0, 0.05) is 21.6 Å². The van der Waals surface area contributed by atoms with Crippen LogP contribution in [0.5, 0.6) is 0 Å². The molecule has 0 bridgehead atoms. The Kier molecular flexibility index (Phi) is 4.18. The van der Waals surface area contributed by atoms with Gasteiger partial charge in [0.1, 0.15) is 0 Å². The molecule has 2 N–H and O–H groups in total. The molecule has 2 nitrogen and oxygen atoms in total. The smallest absolute Gasteiger partial charge is 0.0454 e. The summed E-state index contributed by atoms with van der Waals surface area (Å²) in [6, 6.07) is 7.34. The van der Waals surface area contributed by atoms with E-state index in [-0.39, 0.29) is 0 Å². The molecule has 0 spiro atoms. The highest BCUT2D eigenvalue weighted by Crippen LogP contribution is 2.44. The third-order valence-electron chi connectivity index (χ3n) is 4.39. The normalized spacial score (nSPS) is 28.6. The number of rotatable bonds is 3. The van der Waals surface area contributed by atoms with Gasteiger partial charge >= 0.3 is 0 Å². The Morgan fingerprint density at radius 2 is 2.11 bits per heavy atom. The summed E-state index contributed by atoms with van der Waals surface area (Å²) in [5.41, 5.74) is 7.27. The van der Waals surface area contributed by atoms with Crippen molar-refractivity contribution in [3.8, 4) is 0 Å². The Morgan fingerprint density at radius 1 is 1.32 bits per heavy atom. The van der Waals surface area contributed by atoms with Crippen molar-refractivity contribution in [2.75, 3.05) is 13.1 Å². The Balaban J connectivity index is 1.97. The quantitative estimate of drug-likeness (QED) is 0.899. The highest BCUT2D eigenvalue weighted by atomic mass is 79.9. The van der Waals surface area contributed by atoms with Gasteiger partial charge in [0.25, 0.3) is 0 Å². The SMILES string of the molecule is NCC1CCCN(C2CC2)C1c1cc(Br)ccc1Cl. The molecule has 0 amide bonds. The van der Waals surface area contributed by atoms with Crippen LogP contribution in [0.15, 0.2) is 22.7 Å². The third kappa shape index (κ3) is 2.85. The maximum atomic E-state index is 6.45. The molecular weight excluding hydrogens is 324 g/mol. The van der Waals surface area contributed by atoms with Gasteiger partial charge in [-0.1, -0.05) is 27.5 Å². The highest BCUT2D eigenvalue weighted by molar-refractivity contribution is 9.10. The maximum absolute atomic E-state index is 6.45. The highest BCUT2D eigenvalue weighted by Gasteiger charge is 2.40. The summed E-state index contributed by atoms with van der Waals surface area (Å²) < 4.78 is 1.10. The van der Waals surface area contributed by atoms with Gasteiger partial charge in [-0.15, -0.1) is 0 Å². The number of piperidine rings is 1. The number of hydrogen-bond acceptors (Lipinski definition) is 2. The molecule has 1 aliphatic carbocycles. The van der Waals surface area contributed by atoms with Gasteiger partial charge in [-0.25, -0.2) is 0 Å². The molecule has 19 heavy (non-hydrogen) atoms. The summed E-state index contributed by atoms with van der Waals surface area (Å²) >= 11 is 10.0. The minimum Gasteiger partial charge on any atom is -0.330 e. The summed E-state index contributed by atoms with van der Waals surface area (Å²) in [5.74, 6) is 0.529. The molecule has 2 atom stereocenters. The van der Waals surface area contributed by atoms with Crippen molar-refractivity contribution in [1.29, 1.82) is 0 Å². The minimum atomic E-state index is 0.399. The van der Waals surface area contributed by atoms with Crippen molar-refractivity contribution in [1.82, 2.24) is 4.90 Å². The molecule has 3 rings (SSSR count). The zero-order valence-electron chi connectivity index (χ0n) is 11.0. The second-order valence-electron chi connectivity index (χ2n) is 5.72. The number of benzene rings is 1. The lowest BCUT2D eigenvalue weighted by atomic mass is 9.84. The first-order chi connectivity index (χ1) is 9.20. The standard InChI is InChI=1S/C15H20BrClN2/c16-11-3-6-14(17)13(8-11)15-10(9-18)2-1-7-19(15)12-4-5-12/h3,6,8,10,12,15H,1-2,4-5,7,9,18H2. The monoisotopic (exact) mass is 342 g/mol. The number of nitrogens with zero attached hydrogens (tertiary/aromatic N) is 1. The second-order valence-corrected chi connectivity index (χ2v) is 7.04. The van der Waals surface area contributed by atoms with E-state index < -0.39 is 0 Å². The molecule has 1 aromatic carbocycles. The van der Waals surface area contributed by atoms with Crippen LogP contribution in [-0.4, -0.2) is 24.0 Å². The van der Waals surface area contributed by atoms with E-state index in [0.29, 0.717) is 12.0 Å². The van der Waals surface area contributed by atoms with E-state index >= 15 is 0 Å². The van der Waals surface area contributed by atoms with Gasteiger partial charge < -0.3 is 5.73 Å². The molecule has 104 valence electrons. The number of likely N-dealkylation sites (tertiary alicyclic amines) is 1. The molecule has 4 heteroatoms. The molecule has 1 aromatic rings. The van der Waals surface area contributed by atoms with Crippen molar-refractivity contribution >= 4 is 27.5 Å². The Bertz CT molecular complexity index is 461. The van der Waals surface area contributed by atoms with Gasteiger partial charge in [0.05, 0.1) is 0 Å². The molecule has 2 unspecified atom stereocenters. The van der Waals surface area contributed by atoms with Gasteiger partial charge in [0.15, 0.2) is 0 Å². The van der Waals surface area contributed by atoms with Gasteiger partial charge in [0.2, 0.25) is 0 Å². The molecule has 0 radical (unpaired) electrons. The summed E-state index contributed by atoms with van der Waals surface area (Å²) in [7, 11) is 0. The molecule has 2 aliphatic rings. The minimum absolute atomic E-state index is 0.399. The molecule has 1 aliphatic heterocycles. The maximum Gasteiger partial charge on any atom is 0.0454 e. The average molecular weight is 344 g/mol. The number of halogens is 2. The fourth-order valence-corrected chi connectivity index (χ4v) is 3.95. The van der Waals surface area contributed by atoms with E-state index in [2.05, 4.69) is 26.9 Å². The van der Waals surface area contributed by atoms with Gasteiger partial charge in [-0.2, -0.15) is 0 Å². The van der Waals surface area contributed by atoms with Crippen molar-refractivity contribution < 1.29 is 0 Å². The molecular formula is C15H20BrClN2. The van der Waals surface area contributed by atoms with Crippen molar-refractivity contribution in [3.05, 3.63) is 33.3 Å². The largest absolute Gasteiger partial charge is 0.330 e.